The summed E-state index contributed by atoms with van der Waals surface area (Å²) in [5, 5.41) is 11.5. The topological polar surface area (TPSA) is 104 Å². The van der Waals surface area contributed by atoms with Crippen LogP contribution in [0.15, 0.2) is 9.68 Å². The second-order valence-corrected chi connectivity index (χ2v) is 8.58. The molecule has 0 aliphatic heterocycles. The molecule has 0 atom stereocenters. The van der Waals surface area contributed by atoms with Crippen LogP contribution in [0.25, 0.3) is 0 Å². The van der Waals surface area contributed by atoms with Crippen molar-refractivity contribution in [3.8, 4) is 0 Å². The maximum atomic E-state index is 12.5. The molecule has 2 heterocycles. The Morgan fingerprint density at radius 3 is 2.50 bits per heavy atom. The third-order valence-corrected chi connectivity index (χ3v) is 5.07. The lowest BCUT2D eigenvalue weighted by Gasteiger charge is -2.10. The van der Waals surface area contributed by atoms with Gasteiger partial charge in [0.2, 0.25) is 20.9 Å². The highest BCUT2D eigenvalue weighted by Crippen LogP contribution is 2.39. The first-order valence-electron chi connectivity index (χ1n) is 7.13. The first-order chi connectivity index (χ1) is 10.2. The maximum Gasteiger partial charge on any atom is 0.249 e. The van der Waals surface area contributed by atoms with E-state index >= 15 is 0 Å². The molecule has 0 radical (unpaired) electrons. The molecule has 3 rings (SSSR count). The molecule has 0 spiro atoms. The fraction of sp³-hybridized carbons (Fsp3) is 0.692. The van der Waals surface area contributed by atoms with E-state index in [2.05, 4.69) is 20.3 Å². The van der Waals surface area contributed by atoms with E-state index in [0.717, 1.165) is 18.7 Å². The standard InChI is InChI=1S/C13H19N5O3S/c1-13(2,3)11-14-9(17-21-11)7-22(19,20)12-16-15-10(18(12)4)8-5-6-8/h8H,5-7H2,1-4H3. The lowest BCUT2D eigenvalue weighted by Crippen LogP contribution is -2.14. The summed E-state index contributed by atoms with van der Waals surface area (Å²) >= 11 is 0. The monoisotopic (exact) mass is 325 g/mol. The van der Waals surface area contributed by atoms with Gasteiger partial charge in [-0.2, -0.15) is 4.98 Å². The molecule has 0 saturated heterocycles. The maximum absolute atomic E-state index is 12.5. The van der Waals surface area contributed by atoms with Crippen LogP contribution in [0.3, 0.4) is 0 Å². The average Bonchev–Trinajstić information content (AvgIpc) is 2.98. The van der Waals surface area contributed by atoms with Crippen molar-refractivity contribution in [2.75, 3.05) is 0 Å². The van der Waals surface area contributed by atoms with Crippen LogP contribution in [0.4, 0.5) is 0 Å². The molecule has 1 aliphatic rings. The van der Waals surface area contributed by atoms with Crippen molar-refractivity contribution in [1.29, 1.82) is 0 Å². The number of nitrogens with zero attached hydrogens (tertiary/aromatic N) is 5. The van der Waals surface area contributed by atoms with Gasteiger partial charge in [-0.1, -0.05) is 25.9 Å². The highest BCUT2D eigenvalue weighted by atomic mass is 32.2. The molecule has 2 aromatic rings. The Kier molecular flexibility index (Phi) is 3.35. The van der Waals surface area contributed by atoms with Crippen molar-refractivity contribution in [3.05, 3.63) is 17.5 Å². The van der Waals surface area contributed by atoms with Crippen molar-refractivity contribution >= 4 is 9.84 Å². The van der Waals surface area contributed by atoms with Crippen molar-refractivity contribution in [2.45, 2.75) is 55.9 Å². The van der Waals surface area contributed by atoms with Gasteiger partial charge in [0.1, 0.15) is 11.6 Å². The molecular formula is C13H19N5O3S. The van der Waals surface area contributed by atoms with E-state index in [9.17, 15) is 8.42 Å². The molecule has 1 saturated carbocycles. The lowest BCUT2D eigenvalue weighted by molar-refractivity contribution is 0.319. The molecule has 8 nitrogen and oxygen atoms in total. The van der Waals surface area contributed by atoms with Crippen LogP contribution in [0.1, 0.15) is 57.1 Å². The Bertz CT molecular complexity index is 796. The summed E-state index contributed by atoms with van der Waals surface area (Å²) in [5.74, 6) is 1.26. The molecule has 120 valence electrons. The molecule has 2 aromatic heterocycles. The first-order valence-corrected chi connectivity index (χ1v) is 8.79. The van der Waals surface area contributed by atoms with Gasteiger partial charge in [0.25, 0.3) is 0 Å². The molecule has 0 amide bonds. The Hall–Kier alpha value is -1.77. The smallest absolute Gasteiger partial charge is 0.249 e. The van der Waals surface area contributed by atoms with Crippen molar-refractivity contribution < 1.29 is 12.9 Å². The van der Waals surface area contributed by atoms with Crippen molar-refractivity contribution in [3.63, 3.8) is 0 Å². The quantitative estimate of drug-likeness (QED) is 0.835. The highest BCUT2D eigenvalue weighted by Gasteiger charge is 2.33. The Morgan fingerprint density at radius 1 is 1.27 bits per heavy atom. The van der Waals surface area contributed by atoms with Crippen LogP contribution in [0.5, 0.6) is 0 Å². The van der Waals surface area contributed by atoms with E-state index in [1.54, 1.807) is 11.6 Å². The second-order valence-electron chi connectivity index (χ2n) is 6.70. The van der Waals surface area contributed by atoms with Gasteiger partial charge < -0.3 is 9.09 Å². The fourth-order valence-electron chi connectivity index (χ4n) is 2.15. The van der Waals surface area contributed by atoms with Crippen LogP contribution in [-0.2, 0) is 28.1 Å². The zero-order chi connectivity index (χ0) is 16.1. The van der Waals surface area contributed by atoms with Gasteiger partial charge in [-0.05, 0) is 12.8 Å². The van der Waals surface area contributed by atoms with Crippen molar-refractivity contribution in [2.24, 2.45) is 7.05 Å². The number of aromatic nitrogens is 5. The Balaban J connectivity index is 1.86. The molecule has 1 fully saturated rings. The highest BCUT2D eigenvalue weighted by molar-refractivity contribution is 7.90. The van der Waals surface area contributed by atoms with E-state index in [1.807, 2.05) is 20.8 Å². The number of sulfone groups is 1. The minimum atomic E-state index is -3.66. The van der Waals surface area contributed by atoms with E-state index in [0.29, 0.717) is 11.8 Å². The van der Waals surface area contributed by atoms with Gasteiger partial charge >= 0.3 is 0 Å². The van der Waals surface area contributed by atoms with Crippen LogP contribution in [-0.4, -0.2) is 33.3 Å². The van der Waals surface area contributed by atoms with Gasteiger partial charge in [-0.25, -0.2) is 8.42 Å². The number of hydrogen-bond acceptors (Lipinski definition) is 7. The molecule has 9 heteroatoms. The predicted octanol–water partition coefficient (Wildman–Crippen LogP) is 1.35. The molecule has 1 aliphatic carbocycles. The number of rotatable bonds is 4. The third kappa shape index (κ3) is 2.77. The fourth-order valence-corrected chi connectivity index (χ4v) is 3.41. The lowest BCUT2D eigenvalue weighted by atomic mass is 9.97. The molecular weight excluding hydrogens is 306 g/mol. The molecule has 0 N–H and O–H groups in total. The Labute approximate surface area is 128 Å². The van der Waals surface area contributed by atoms with Gasteiger partial charge in [0.15, 0.2) is 5.82 Å². The van der Waals surface area contributed by atoms with Crippen LogP contribution in [0.2, 0.25) is 0 Å². The van der Waals surface area contributed by atoms with E-state index in [1.165, 1.54) is 0 Å². The summed E-state index contributed by atoms with van der Waals surface area (Å²) < 4.78 is 31.7. The van der Waals surface area contributed by atoms with Crippen LogP contribution >= 0.6 is 0 Å². The molecule has 0 unspecified atom stereocenters. The predicted molar refractivity (Wildman–Crippen MR) is 76.9 cm³/mol. The summed E-state index contributed by atoms with van der Waals surface area (Å²) in [7, 11) is -1.98. The first kappa shape index (κ1) is 15.1. The van der Waals surface area contributed by atoms with Crippen LogP contribution < -0.4 is 0 Å². The van der Waals surface area contributed by atoms with Gasteiger partial charge in [0.05, 0.1) is 0 Å². The van der Waals surface area contributed by atoms with E-state index < -0.39 is 9.84 Å². The minimum absolute atomic E-state index is 0.0449. The summed E-state index contributed by atoms with van der Waals surface area (Å²) in [5.41, 5.74) is -0.321. The van der Waals surface area contributed by atoms with E-state index in [-0.39, 0.29) is 22.1 Å². The number of hydrogen-bond donors (Lipinski definition) is 0. The summed E-state index contributed by atoms with van der Waals surface area (Å²) in [4.78, 5) is 4.16. The SMILES string of the molecule is Cn1c(C2CC2)nnc1S(=O)(=O)Cc1noc(C(C)(C)C)n1. The molecule has 22 heavy (non-hydrogen) atoms. The Morgan fingerprint density at radius 2 is 1.95 bits per heavy atom. The second kappa shape index (κ2) is 4.87. The largest absolute Gasteiger partial charge is 0.339 e. The zero-order valence-corrected chi connectivity index (χ0v) is 13.9. The van der Waals surface area contributed by atoms with Gasteiger partial charge in [-0.3, -0.25) is 0 Å². The summed E-state index contributed by atoms with van der Waals surface area (Å²) in [6.45, 7) is 5.76. The van der Waals surface area contributed by atoms with E-state index in [4.69, 9.17) is 4.52 Å². The third-order valence-electron chi connectivity index (χ3n) is 3.52. The molecule has 0 aromatic carbocycles. The zero-order valence-electron chi connectivity index (χ0n) is 13.1. The average molecular weight is 325 g/mol. The summed E-state index contributed by atoms with van der Waals surface area (Å²) in [6.07, 6.45) is 2.07. The summed E-state index contributed by atoms with van der Waals surface area (Å²) in [6, 6.07) is 0. The van der Waals surface area contributed by atoms with Crippen LogP contribution in [0, 0.1) is 0 Å². The normalized spacial score (nSPS) is 16.2. The van der Waals surface area contributed by atoms with Gasteiger partial charge in [0, 0.05) is 18.4 Å². The molecule has 0 bridgehead atoms. The minimum Gasteiger partial charge on any atom is -0.339 e. The van der Waals surface area contributed by atoms with Gasteiger partial charge in [-0.15, -0.1) is 10.2 Å². The van der Waals surface area contributed by atoms with Crippen molar-refractivity contribution in [1.82, 2.24) is 24.9 Å².